The lowest BCUT2D eigenvalue weighted by Gasteiger charge is -2.20. The number of para-hydroxylation sites is 1. The molecule has 0 fully saturated rings. The number of carbonyl (C=O) groups is 1. The largest absolute Gasteiger partial charge is 0.444 e. The molecule has 1 heterocycles. The molecule has 0 saturated heterocycles. The van der Waals surface area contributed by atoms with Crippen molar-refractivity contribution in [3.05, 3.63) is 41.7 Å². The van der Waals surface area contributed by atoms with Crippen LogP contribution in [0, 0.1) is 0 Å². The van der Waals surface area contributed by atoms with Crippen LogP contribution in [-0.2, 0) is 24.9 Å². The van der Waals surface area contributed by atoms with Gasteiger partial charge in [0, 0.05) is 25.5 Å². The van der Waals surface area contributed by atoms with E-state index >= 15 is 0 Å². The molecule has 1 aromatic carbocycles. The van der Waals surface area contributed by atoms with Crippen molar-refractivity contribution < 1.29 is 9.53 Å². The molecule has 2 rings (SSSR count). The molecule has 23 heavy (non-hydrogen) atoms. The second-order valence-corrected chi connectivity index (χ2v) is 6.25. The first-order valence-corrected chi connectivity index (χ1v) is 7.47. The summed E-state index contributed by atoms with van der Waals surface area (Å²) in [7, 11) is 1.83. The van der Waals surface area contributed by atoms with Crippen LogP contribution in [0.1, 0.15) is 32.0 Å². The number of nitrogens with one attached hydrogen (secondary N) is 2. The van der Waals surface area contributed by atoms with E-state index in [2.05, 4.69) is 20.9 Å². The topological polar surface area (TPSA) is 81.1 Å². The molecule has 1 aromatic heterocycles. The molecule has 1 amide bonds. The van der Waals surface area contributed by atoms with Crippen molar-refractivity contribution in [1.82, 2.24) is 20.3 Å². The number of carbonyl (C=O) groups excluding carboxylic acids is 1. The first-order chi connectivity index (χ1) is 10.8. The molecule has 0 saturated carbocycles. The summed E-state index contributed by atoms with van der Waals surface area (Å²) in [4.78, 5) is 11.8. The van der Waals surface area contributed by atoms with E-state index in [0.717, 1.165) is 16.9 Å². The molecule has 0 atom stereocenters. The molecule has 7 heteroatoms. The van der Waals surface area contributed by atoms with Crippen LogP contribution in [0.4, 0.5) is 10.5 Å². The number of nitrogens with zero attached hydrogens (tertiary/aromatic N) is 3. The maximum atomic E-state index is 11.8. The van der Waals surface area contributed by atoms with Crippen LogP contribution in [0.3, 0.4) is 0 Å². The number of rotatable bonds is 5. The lowest BCUT2D eigenvalue weighted by Crippen LogP contribution is -2.32. The van der Waals surface area contributed by atoms with Gasteiger partial charge >= 0.3 is 6.09 Å². The standard InChI is InChI=1S/C16H23N5O2/c1-16(2,3)23-15(22)18-9-12-7-5-6-8-14(12)17-10-13-11-21(4)20-19-13/h5-8,11,17H,9-10H2,1-4H3,(H,18,22). The predicted molar refractivity (Wildman–Crippen MR) is 87.8 cm³/mol. The number of alkyl carbamates (subject to hydrolysis) is 1. The van der Waals surface area contributed by atoms with Gasteiger partial charge in [-0.25, -0.2) is 4.79 Å². The van der Waals surface area contributed by atoms with Crippen LogP contribution in [-0.4, -0.2) is 26.7 Å². The second kappa shape index (κ2) is 7.13. The van der Waals surface area contributed by atoms with Crippen LogP contribution < -0.4 is 10.6 Å². The van der Waals surface area contributed by atoms with Crippen molar-refractivity contribution in [2.24, 2.45) is 7.05 Å². The fourth-order valence-corrected chi connectivity index (χ4v) is 1.99. The van der Waals surface area contributed by atoms with Gasteiger partial charge in [-0.15, -0.1) is 5.10 Å². The Kier molecular flexibility index (Phi) is 5.20. The van der Waals surface area contributed by atoms with Gasteiger partial charge in [-0.1, -0.05) is 23.4 Å². The molecule has 2 N–H and O–H groups in total. The second-order valence-electron chi connectivity index (χ2n) is 6.25. The van der Waals surface area contributed by atoms with Crippen molar-refractivity contribution in [2.45, 2.75) is 39.5 Å². The number of benzene rings is 1. The molecule has 0 spiro atoms. The zero-order valence-electron chi connectivity index (χ0n) is 14.0. The molecule has 0 unspecified atom stereocenters. The fraction of sp³-hybridized carbons (Fsp3) is 0.438. The summed E-state index contributed by atoms with van der Waals surface area (Å²) in [5.74, 6) is 0. The van der Waals surface area contributed by atoms with Gasteiger partial charge in [0.25, 0.3) is 0 Å². The van der Waals surface area contributed by atoms with Gasteiger partial charge in [0.05, 0.1) is 6.54 Å². The van der Waals surface area contributed by atoms with Crippen LogP contribution >= 0.6 is 0 Å². The zero-order valence-corrected chi connectivity index (χ0v) is 14.0. The average Bonchev–Trinajstić information content (AvgIpc) is 2.87. The van der Waals surface area contributed by atoms with E-state index in [1.807, 2.05) is 58.3 Å². The van der Waals surface area contributed by atoms with E-state index < -0.39 is 11.7 Å². The number of anilines is 1. The van der Waals surface area contributed by atoms with Gasteiger partial charge in [0.2, 0.25) is 0 Å². The normalized spacial score (nSPS) is 11.1. The Morgan fingerprint density at radius 1 is 1.26 bits per heavy atom. The summed E-state index contributed by atoms with van der Waals surface area (Å²) >= 11 is 0. The molecule has 0 radical (unpaired) electrons. The van der Waals surface area contributed by atoms with Crippen LogP contribution in [0.5, 0.6) is 0 Å². The highest BCUT2D eigenvalue weighted by Gasteiger charge is 2.16. The summed E-state index contributed by atoms with van der Waals surface area (Å²) in [6.45, 7) is 6.46. The van der Waals surface area contributed by atoms with Gasteiger partial charge in [0.15, 0.2) is 0 Å². The highest BCUT2D eigenvalue weighted by Crippen LogP contribution is 2.16. The Hall–Kier alpha value is -2.57. The van der Waals surface area contributed by atoms with Gasteiger partial charge in [0.1, 0.15) is 11.3 Å². The van der Waals surface area contributed by atoms with Gasteiger partial charge in [-0.05, 0) is 32.4 Å². The summed E-state index contributed by atoms with van der Waals surface area (Å²) in [5, 5.41) is 14.0. The Labute approximate surface area is 136 Å². The van der Waals surface area contributed by atoms with Crippen molar-refractivity contribution >= 4 is 11.8 Å². The summed E-state index contributed by atoms with van der Waals surface area (Å²) in [5.41, 5.74) is 2.26. The highest BCUT2D eigenvalue weighted by atomic mass is 16.6. The van der Waals surface area contributed by atoms with Crippen LogP contribution in [0.2, 0.25) is 0 Å². The van der Waals surface area contributed by atoms with E-state index in [4.69, 9.17) is 4.74 Å². The lowest BCUT2D eigenvalue weighted by atomic mass is 10.1. The third-order valence-electron chi connectivity index (χ3n) is 2.95. The van der Waals surface area contributed by atoms with Gasteiger partial charge in [-0.2, -0.15) is 0 Å². The molecule has 0 aliphatic heterocycles. The summed E-state index contributed by atoms with van der Waals surface area (Å²) < 4.78 is 6.90. The van der Waals surface area contributed by atoms with Crippen molar-refractivity contribution in [1.29, 1.82) is 0 Å². The number of aromatic nitrogens is 3. The lowest BCUT2D eigenvalue weighted by molar-refractivity contribution is 0.0523. The zero-order chi connectivity index (χ0) is 16.9. The molecular formula is C16H23N5O2. The smallest absolute Gasteiger partial charge is 0.407 e. The van der Waals surface area contributed by atoms with E-state index in [1.165, 1.54) is 0 Å². The number of amides is 1. The molecule has 0 bridgehead atoms. The summed E-state index contributed by atoms with van der Waals surface area (Å²) in [6, 6.07) is 7.79. The van der Waals surface area contributed by atoms with Crippen LogP contribution in [0.25, 0.3) is 0 Å². The molecule has 7 nitrogen and oxygen atoms in total. The maximum Gasteiger partial charge on any atom is 0.407 e. The van der Waals surface area contributed by atoms with Crippen LogP contribution in [0.15, 0.2) is 30.5 Å². The third kappa shape index (κ3) is 5.61. The van der Waals surface area contributed by atoms with E-state index in [0.29, 0.717) is 13.1 Å². The third-order valence-corrected chi connectivity index (χ3v) is 2.95. The molecule has 0 aliphatic carbocycles. The Morgan fingerprint density at radius 2 is 2.00 bits per heavy atom. The summed E-state index contributed by atoms with van der Waals surface area (Å²) in [6.07, 6.45) is 1.43. The minimum absolute atomic E-state index is 0.387. The molecule has 2 aromatic rings. The SMILES string of the molecule is Cn1cc(CNc2ccccc2CNC(=O)OC(C)(C)C)nn1. The van der Waals surface area contributed by atoms with Gasteiger partial charge in [-0.3, -0.25) is 4.68 Å². The minimum atomic E-state index is -0.506. The Bertz CT molecular complexity index is 660. The molecular weight excluding hydrogens is 294 g/mol. The van der Waals surface area contributed by atoms with Crippen molar-refractivity contribution in [3.63, 3.8) is 0 Å². The minimum Gasteiger partial charge on any atom is -0.444 e. The molecule has 124 valence electrons. The number of hydrogen-bond acceptors (Lipinski definition) is 5. The van der Waals surface area contributed by atoms with E-state index in [1.54, 1.807) is 4.68 Å². The number of aryl methyl sites for hydroxylation is 1. The number of ether oxygens (including phenoxy) is 1. The van der Waals surface area contributed by atoms with E-state index in [9.17, 15) is 4.79 Å². The highest BCUT2D eigenvalue weighted by molar-refractivity contribution is 5.68. The first-order valence-electron chi connectivity index (χ1n) is 7.47. The van der Waals surface area contributed by atoms with E-state index in [-0.39, 0.29) is 0 Å². The maximum absolute atomic E-state index is 11.8. The predicted octanol–water partition coefficient (Wildman–Crippen LogP) is 2.45. The number of hydrogen-bond donors (Lipinski definition) is 2. The monoisotopic (exact) mass is 317 g/mol. The van der Waals surface area contributed by atoms with Crippen molar-refractivity contribution in [3.8, 4) is 0 Å². The quantitative estimate of drug-likeness (QED) is 0.885. The fourth-order valence-electron chi connectivity index (χ4n) is 1.99. The molecule has 0 aliphatic rings. The Morgan fingerprint density at radius 3 is 2.65 bits per heavy atom. The van der Waals surface area contributed by atoms with Gasteiger partial charge < -0.3 is 15.4 Å². The average molecular weight is 317 g/mol. The van der Waals surface area contributed by atoms with Crippen molar-refractivity contribution in [2.75, 3.05) is 5.32 Å². The first kappa shape index (κ1) is 16.8. The Balaban J connectivity index is 1.93.